The number of benzene rings is 1. The van der Waals surface area contributed by atoms with Gasteiger partial charge in [-0.25, -0.2) is 21.6 Å². The Labute approximate surface area is 142 Å². The van der Waals surface area contributed by atoms with Crippen molar-refractivity contribution in [3.63, 3.8) is 0 Å². The first-order valence-electron chi connectivity index (χ1n) is 7.76. The van der Waals surface area contributed by atoms with Crippen LogP contribution in [0.5, 0.6) is 0 Å². The second kappa shape index (κ2) is 7.20. The van der Waals surface area contributed by atoms with E-state index in [1.165, 1.54) is 24.3 Å². The summed E-state index contributed by atoms with van der Waals surface area (Å²) in [7, 11) is -7.06. The van der Waals surface area contributed by atoms with Crippen LogP contribution >= 0.6 is 0 Å². The summed E-state index contributed by atoms with van der Waals surface area (Å²) in [5, 5.41) is 2.77. The van der Waals surface area contributed by atoms with Crippen LogP contribution in [-0.2, 0) is 19.9 Å². The minimum atomic E-state index is -3.88. The highest BCUT2D eigenvalue weighted by Crippen LogP contribution is 2.17. The fourth-order valence-corrected chi connectivity index (χ4v) is 5.48. The van der Waals surface area contributed by atoms with Gasteiger partial charge in [-0.2, -0.15) is 0 Å². The number of hydrogen-bond acceptors (Lipinski definition) is 5. The lowest BCUT2D eigenvalue weighted by Crippen LogP contribution is -2.36. The Morgan fingerprint density at radius 2 is 2.08 bits per heavy atom. The van der Waals surface area contributed by atoms with Crippen LogP contribution in [0.2, 0.25) is 0 Å². The number of rotatable bonds is 6. The third kappa shape index (κ3) is 4.78. The minimum absolute atomic E-state index is 0.0143. The molecule has 2 rings (SSSR count). The highest BCUT2D eigenvalue weighted by atomic mass is 32.2. The van der Waals surface area contributed by atoms with Gasteiger partial charge in [0, 0.05) is 17.6 Å². The predicted octanol–water partition coefficient (Wildman–Crippen LogP) is 0.680. The maximum absolute atomic E-state index is 12.4. The third-order valence-corrected chi connectivity index (χ3v) is 7.24. The molecular weight excluding hydrogens is 352 g/mol. The second-order valence-electron chi connectivity index (χ2n) is 6.03. The van der Waals surface area contributed by atoms with Gasteiger partial charge in [0.25, 0.3) is 5.91 Å². The number of amides is 1. The Morgan fingerprint density at radius 3 is 2.67 bits per heavy atom. The molecule has 1 fully saturated rings. The lowest BCUT2D eigenvalue weighted by atomic mass is 10.2. The highest BCUT2D eigenvalue weighted by molar-refractivity contribution is 7.92. The second-order valence-corrected chi connectivity index (χ2v) is 9.97. The molecule has 1 aliphatic heterocycles. The van der Waals surface area contributed by atoms with Gasteiger partial charge in [-0.05, 0) is 38.0 Å². The fraction of sp³-hybridized carbons (Fsp3) is 0.533. The normalized spacial score (nSPS) is 21.3. The van der Waals surface area contributed by atoms with Crippen molar-refractivity contribution in [2.75, 3.05) is 11.5 Å². The number of carbonyl (C=O) groups is 1. The Morgan fingerprint density at radius 1 is 1.38 bits per heavy atom. The van der Waals surface area contributed by atoms with Crippen LogP contribution in [0, 0.1) is 0 Å². The van der Waals surface area contributed by atoms with Gasteiger partial charge in [0.2, 0.25) is 10.0 Å². The van der Waals surface area contributed by atoms with Gasteiger partial charge in [0.1, 0.15) is 0 Å². The molecule has 134 valence electrons. The maximum Gasteiger partial charge on any atom is 0.251 e. The van der Waals surface area contributed by atoms with Crippen molar-refractivity contribution in [2.24, 2.45) is 0 Å². The molecule has 1 aromatic rings. The predicted molar refractivity (Wildman–Crippen MR) is 91.0 cm³/mol. The molecule has 1 aliphatic rings. The van der Waals surface area contributed by atoms with Crippen LogP contribution in [0.4, 0.5) is 0 Å². The number of hydrogen-bond donors (Lipinski definition) is 2. The van der Waals surface area contributed by atoms with Crippen LogP contribution in [0.15, 0.2) is 29.2 Å². The summed E-state index contributed by atoms with van der Waals surface area (Å²) >= 11 is 0. The number of sulfonamides is 1. The highest BCUT2D eigenvalue weighted by Gasteiger charge is 2.31. The first-order valence-corrected chi connectivity index (χ1v) is 11.1. The van der Waals surface area contributed by atoms with Crippen molar-refractivity contribution in [1.29, 1.82) is 0 Å². The summed E-state index contributed by atoms with van der Waals surface area (Å²) in [6.45, 7) is 3.80. The average Bonchev–Trinajstić information content (AvgIpc) is 2.85. The molecule has 0 unspecified atom stereocenters. The summed E-state index contributed by atoms with van der Waals surface area (Å²) in [4.78, 5) is 12.1. The Kier molecular flexibility index (Phi) is 5.67. The number of sulfone groups is 1. The van der Waals surface area contributed by atoms with Gasteiger partial charge in [0.05, 0.1) is 16.4 Å². The van der Waals surface area contributed by atoms with Gasteiger partial charge in [-0.3, -0.25) is 4.79 Å². The van der Waals surface area contributed by atoms with Gasteiger partial charge in [-0.15, -0.1) is 0 Å². The van der Waals surface area contributed by atoms with Crippen LogP contribution in [0.1, 0.15) is 37.0 Å². The molecule has 0 saturated carbocycles. The summed E-state index contributed by atoms with van der Waals surface area (Å²) in [5.41, 5.74) is 0.247. The molecule has 2 N–H and O–H groups in total. The zero-order chi connectivity index (χ0) is 18.0. The summed E-state index contributed by atoms with van der Waals surface area (Å²) < 4.78 is 50.1. The van der Waals surface area contributed by atoms with E-state index in [9.17, 15) is 21.6 Å². The van der Waals surface area contributed by atoms with Crippen molar-refractivity contribution in [2.45, 2.75) is 43.7 Å². The zero-order valence-corrected chi connectivity index (χ0v) is 15.3. The molecule has 0 bridgehead atoms. The largest absolute Gasteiger partial charge is 0.350 e. The standard InChI is InChI=1S/C15H22N2O5S2/c1-3-11(2)16-15(18)12-5-4-6-14(9-12)24(21,22)17-13-7-8-23(19,20)10-13/h4-6,9,11,13,17H,3,7-8,10H2,1-2H3,(H,16,18)/t11-,13-/m0/s1. The topological polar surface area (TPSA) is 109 Å². The maximum atomic E-state index is 12.4. The van der Waals surface area contributed by atoms with Crippen LogP contribution in [-0.4, -0.2) is 46.3 Å². The number of nitrogens with one attached hydrogen (secondary N) is 2. The number of carbonyl (C=O) groups excluding carboxylic acids is 1. The quantitative estimate of drug-likeness (QED) is 0.761. The van der Waals surface area contributed by atoms with Gasteiger partial charge >= 0.3 is 0 Å². The molecule has 1 heterocycles. The Hall–Kier alpha value is -1.45. The van der Waals surface area contributed by atoms with Crippen LogP contribution in [0.25, 0.3) is 0 Å². The minimum Gasteiger partial charge on any atom is -0.350 e. The SMILES string of the molecule is CC[C@H](C)NC(=O)c1cccc(S(=O)(=O)N[C@H]2CCS(=O)(=O)C2)c1. The van der Waals surface area contributed by atoms with Crippen molar-refractivity contribution in [3.05, 3.63) is 29.8 Å². The van der Waals surface area contributed by atoms with Crippen LogP contribution < -0.4 is 10.0 Å². The third-order valence-electron chi connectivity index (χ3n) is 3.95. The molecular formula is C15H22N2O5S2. The van der Waals surface area contributed by atoms with E-state index in [2.05, 4.69) is 10.0 Å². The smallest absolute Gasteiger partial charge is 0.251 e. The molecule has 7 nitrogen and oxygen atoms in total. The first-order chi connectivity index (χ1) is 11.1. The summed E-state index contributed by atoms with van der Waals surface area (Å²) in [6.07, 6.45) is 1.02. The van der Waals surface area contributed by atoms with Crippen molar-refractivity contribution >= 4 is 25.8 Å². The Bertz CT molecular complexity index is 818. The molecule has 0 radical (unpaired) electrons. The van der Waals surface area contributed by atoms with E-state index >= 15 is 0 Å². The van der Waals surface area contributed by atoms with Gasteiger partial charge in [-0.1, -0.05) is 13.0 Å². The van der Waals surface area contributed by atoms with Crippen molar-refractivity contribution < 1.29 is 21.6 Å². The van der Waals surface area contributed by atoms with Gasteiger partial charge in [0.15, 0.2) is 9.84 Å². The zero-order valence-electron chi connectivity index (χ0n) is 13.7. The van der Waals surface area contributed by atoms with Crippen molar-refractivity contribution in [1.82, 2.24) is 10.0 Å². The molecule has 9 heteroatoms. The molecule has 0 aromatic heterocycles. The molecule has 1 saturated heterocycles. The molecule has 1 aromatic carbocycles. The summed E-state index contributed by atoms with van der Waals surface area (Å²) in [5.74, 6) is -0.553. The molecule has 0 spiro atoms. The lowest BCUT2D eigenvalue weighted by molar-refractivity contribution is 0.0939. The van der Waals surface area contributed by atoms with E-state index in [0.717, 1.165) is 6.42 Å². The molecule has 2 atom stereocenters. The lowest BCUT2D eigenvalue weighted by Gasteiger charge is -2.14. The Balaban J connectivity index is 2.16. The molecule has 0 aliphatic carbocycles. The van der Waals surface area contributed by atoms with Gasteiger partial charge < -0.3 is 5.32 Å². The van der Waals surface area contributed by atoms with E-state index in [0.29, 0.717) is 0 Å². The van der Waals surface area contributed by atoms with Crippen LogP contribution in [0.3, 0.4) is 0 Å². The van der Waals surface area contributed by atoms with E-state index < -0.39 is 25.9 Å². The monoisotopic (exact) mass is 374 g/mol. The molecule has 24 heavy (non-hydrogen) atoms. The first kappa shape index (κ1) is 18.9. The van der Waals surface area contributed by atoms with E-state index in [4.69, 9.17) is 0 Å². The summed E-state index contributed by atoms with van der Waals surface area (Å²) in [6, 6.07) is 5.06. The fourth-order valence-electron chi connectivity index (χ4n) is 2.39. The average molecular weight is 374 g/mol. The van der Waals surface area contributed by atoms with E-state index in [1.807, 2.05) is 13.8 Å². The molecule has 1 amide bonds. The van der Waals surface area contributed by atoms with Crippen molar-refractivity contribution in [3.8, 4) is 0 Å². The van der Waals surface area contributed by atoms with E-state index in [1.54, 1.807) is 0 Å². The van der Waals surface area contributed by atoms with E-state index in [-0.39, 0.29) is 40.3 Å².